The molecule has 0 unspecified atom stereocenters. The van der Waals surface area contributed by atoms with Crippen LogP contribution < -0.4 is 10.1 Å². The topological polar surface area (TPSA) is 44.8 Å². The fourth-order valence-corrected chi connectivity index (χ4v) is 4.15. The number of aryl methyl sites for hydroxylation is 1. The molecule has 0 radical (unpaired) electrons. The van der Waals surface area contributed by atoms with E-state index in [0.717, 1.165) is 56.1 Å². The second-order valence-corrected chi connectivity index (χ2v) is 8.78. The van der Waals surface area contributed by atoms with E-state index < -0.39 is 5.60 Å². The van der Waals surface area contributed by atoms with E-state index in [-0.39, 0.29) is 5.91 Å². The van der Waals surface area contributed by atoms with Crippen LogP contribution in [0.3, 0.4) is 0 Å². The highest BCUT2D eigenvalue weighted by molar-refractivity contribution is 5.85. The van der Waals surface area contributed by atoms with Crippen molar-refractivity contribution in [3.05, 3.63) is 29.3 Å². The first kappa shape index (κ1) is 20.2. The van der Waals surface area contributed by atoms with E-state index in [1.54, 1.807) is 0 Å². The fraction of sp³-hybridized carbons (Fsp3) is 0.682. The van der Waals surface area contributed by atoms with Gasteiger partial charge in [-0.3, -0.25) is 9.69 Å². The summed E-state index contributed by atoms with van der Waals surface area (Å²) in [5.74, 6) is 1.27. The quantitative estimate of drug-likeness (QED) is 0.862. The van der Waals surface area contributed by atoms with E-state index in [9.17, 15) is 4.79 Å². The lowest BCUT2D eigenvalue weighted by atomic mass is 9.99. The standard InChI is InChI=1S/C22H35N3O2/c1-16(2)19-7-6-17(3)14-20(19)27-22(4,5)21(26)25-12-10-24(11-13-25)18-8-9-23-15-18/h6-7,14,16,18,23H,8-13,15H2,1-5H3/t18-/m1/s1. The summed E-state index contributed by atoms with van der Waals surface area (Å²) in [6.45, 7) is 15.8. The summed E-state index contributed by atoms with van der Waals surface area (Å²) in [4.78, 5) is 17.7. The number of hydrogen-bond donors (Lipinski definition) is 1. The van der Waals surface area contributed by atoms with Gasteiger partial charge in [0.05, 0.1) is 0 Å². The Labute approximate surface area is 164 Å². The smallest absolute Gasteiger partial charge is 0.266 e. The first-order chi connectivity index (χ1) is 12.8. The summed E-state index contributed by atoms with van der Waals surface area (Å²) in [5, 5.41) is 3.43. The van der Waals surface area contributed by atoms with Crippen LogP contribution in [0.25, 0.3) is 0 Å². The Kier molecular flexibility index (Phi) is 6.11. The number of nitrogens with one attached hydrogen (secondary N) is 1. The van der Waals surface area contributed by atoms with Gasteiger partial charge in [-0.2, -0.15) is 0 Å². The van der Waals surface area contributed by atoms with Crippen molar-refractivity contribution in [3.63, 3.8) is 0 Å². The average molecular weight is 374 g/mol. The van der Waals surface area contributed by atoms with E-state index in [2.05, 4.69) is 49.2 Å². The van der Waals surface area contributed by atoms with Crippen LogP contribution in [0, 0.1) is 6.92 Å². The van der Waals surface area contributed by atoms with Crippen molar-refractivity contribution in [2.24, 2.45) is 0 Å². The zero-order valence-corrected chi connectivity index (χ0v) is 17.5. The third-order valence-electron chi connectivity index (χ3n) is 5.82. The van der Waals surface area contributed by atoms with Crippen molar-refractivity contribution in [1.82, 2.24) is 15.1 Å². The monoisotopic (exact) mass is 373 g/mol. The molecule has 0 aliphatic carbocycles. The molecule has 1 N–H and O–H groups in total. The van der Waals surface area contributed by atoms with Crippen molar-refractivity contribution in [1.29, 1.82) is 0 Å². The van der Waals surface area contributed by atoms with Crippen molar-refractivity contribution in [2.75, 3.05) is 39.3 Å². The lowest BCUT2D eigenvalue weighted by Crippen LogP contribution is -2.57. The van der Waals surface area contributed by atoms with E-state index in [1.165, 1.54) is 6.42 Å². The van der Waals surface area contributed by atoms with E-state index in [4.69, 9.17) is 4.74 Å². The molecule has 2 heterocycles. The summed E-state index contributed by atoms with van der Waals surface area (Å²) < 4.78 is 6.30. The third kappa shape index (κ3) is 4.64. The number of ether oxygens (including phenoxy) is 1. The van der Waals surface area contributed by atoms with Gasteiger partial charge in [0, 0.05) is 38.8 Å². The van der Waals surface area contributed by atoms with Crippen molar-refractivity contribution in [3.8, 4) is 5.75 Å². The Balaban J connectivity index is 1.65. The minimum Gasteiger partial charge on any atom is -0.478 e. The zero-order chi connectivity index (χ0) is 19.6. The number of amides is 1. The van der Waals surface area contributed by atoms with Crippen LogP contribution in [-0.2, 0) is 4.79 Å². The minimum absolute atomic E-state index is 0.0860. The fourth-order valence-electron chi connectivity index (χ4n) is 4.15. The molecule has 0 spiro atoms. The van der Waals surface area contributed by atoms with Gasteiger partial charge in [0.15, 0.2) is 5.60 Å². The Morgan fingerprint density at radius 3 is 2.52 bits per heavy atom. The second kappa shape index (κ2) is 8.19. The van der Waals surface area contributed by atoms with Crippen LogP contribution in [-0.4, -0.2) is 66.6 Å². The van der Waals surface area contributed by atoms with Gasteiger partial charge < -0.3 is 15.0 Å². The van der Waals surface area contributed by atoms with Gasteiger partial charge in [-0.1, -0.05) is 26.0 Å². The lowest BCUT2D eigenvalue weighted by Gasteiger charge is -2.40. The molecule has 5 heteroatoms. The van der Waals surface area contributed by atoms with Crippen molar-refractivity contribution >= 4 is 5.91 Å². The zero-order valence-electron chi connectivity index (χ0n) is 17.5. The molecule has 1 amide bonds. The third-order valence-corrected chi connectivity index (χ3v) is 5.82. The maximum atomic E-state index is 13.2. The van der Waals surface area contributed by atoms with Crippen molar-refractivity contribution in [2.45, 2.75) is 58.6 Å². The first-order valence-electron chi connectivity index (χ1n) is 10.3. The Morgan fingerprint density at radius 2 is 1.93 bits per heavy atom. The molecule has 27 heavy (non-hydrogen) atoms. The molecule has 2 fully saturated rings. The van der Waals surface area contributed by atoms with Crippen LogP contribution >= 0.6 is 0 Å². The Hall–Kier alpha value is -1.59. The SMILES string of the molecule is Cc1ccc(C(C)C)c(OC(C)(C)C(=O)N2CCN([C@@H]3CCNC3)CC2)c1. The molecule has 2 saturated heterocycles. The molecule has 2 aliphatic rings. The van der Waals surface area contributed by atoms with Crippen molar-refractivity contribution < 1.29 is 9.53 Å². The molecule has 0 bridgehead atoms. The number of piperazine rings is 1. The van der Waals surface area contributed by atoms with Gasteiger partial charge >= 0.3 is 0 Å². The number of nitrogens with zero attached hydrogens (tertiary/aromatic N) is 2. The van der Waals surface area contributed by atoms with E-state index in [0.29, 0.717) is 12.0 Å². The van der Waals surface area contributed by atoms with Crippen LogP contribution in [0.15, 0.2) is 18.2 Å². The van der Waals surface area contributed by atoms with Gasteiger partial charge in [0.25, 0.3) is 5.91 Å². The number of carbonyl (C=O) groups excluding carboxylic acids is 1. The molecule has 1 atom stereocenters. The molecule has 0 saturated carbocycles. The summed E-state index contributed by atoms with van der Waals surface area (Å²) in [6.07, 6.45) is 1.22. The van der Waals surface area contributed by atoms with Crippen LogP contribution in [0.1, 0.15) is 51.2 Å². The number of hydrogen-bond acceptors (Lipinski definition) is 4. The highest BCUT2D eigenvalue weighted by Crippen LogP contribution is 2.31. The minimum atomic E-state index is -0.867. The molecular weight excluding hydrogens is 338 g/mol. The average Bonchev–Trinajstić information content (AvgIpc) is 3.15. The largest absolute Gasteiger partial charge is 0.478 e. The van der Waals surface area contributed by atoms with Gasteiger partial charge in [-0.25, -0.2) is 0 Å². The molecule has 150 valence electrons. The molecule has 1 aromatic carbocycles. The normalized spacial score (nSPS) is 21.7. The highest BCUT2D eigenvalue weighted by atomic mass is 16.5. The number of benzene rings is 1. The van der Waals surface area contributed by atoms with Gasteiger partial charge in [-0.05, 0) is 56.8 Å². The first-order valence-corrected chi connectivity index (χ1v) is 10.3. The maximum absolute atomic E-state index is 13.2. The van der Waals surface area contributed by atoms with Crippen LogP contribution in [0.4, 0.5) is 0 Å². The summed E-state index contributed by atoms with van der Waals surface area (Å²) in [5.41, 5.74) is 1.44. The lowest BCUT2D eigenvalue weighted by molar-refractivity contribution is -0.147. The van der Waals surface area contributed by atoms with Crippen LogP contribution in [0.5, 0.6) is 5.75 Å². The van der Waals surface area contributed by atoms with Gasteiger partial charge in [0.2, 0.25) is 0 Å². The molecule has 2 aliphatic heterocycles. The number of rotatable bonds is 5. The molecule has 5 nitrogen and oxygen atoms in total. The molecule has 3 rings (SSSR count). The maximum Gasteiger partial charge on any atom is 0.266 e. The van der Waals surface area contributed by atoms with E-state index >= 15 is 0 Å². The highest BCUT2D eigenvalue weighted by Gasteiger charge is 2.37. The second-order valence-electron chi connectivity index (χ2n) is 8.78. The van der Waals surface area contributed by atoms with Gasteiger partial charge in [0.1, 0.15) is 5.75 Å². The van der Waals surface area contributed by atoms with E-state index in [1.807, 2.05) is 18.7 Å². The summed E-state index contributed by atoms with van der Waals surface area (Å²) >= 11 is 0. The van der Waals surface area contributed by atoms with Gasteiger partial charge in [-0.15, -0.1) is 0 Å². The van der Waals surface area contributed by atoms with Crippen LogP contribution in [0.2, 0.25) is 0 Å². The summed E-state index contributed by atoms with van der Waals surface area (Å²) in [6, 6.07) is 6.90. The predicted octanol–water partition coefficient (Wildman–Crippen LogP) is 2.78. The summed E-state index contributed by atoms with van der Waals surface area (Å²) in [7, 11) is 0. The predicted molar refractivity (Wildman–Crippen MR) is 109 cm³/mol. The Morgan fingerprint density at radius 1 is 1.22 bits per heavy atom. The molecule has 0 aromatic heterocycles. The Bertz CT molecular complexity index is 658. The molecular formula is C22H35N3O2. The molecule has 1 aromatic rings. The number of carbonyl (C=O) groups is 1.